The Morgan fingerprint density at radius 3 is 2.57 bits per heavy atom. The molecule has 0 unspecified atom stereocenters. The lowest BCUT2D eigenvalue weighted by Crippen LogP contribution is -2.53. The van der Waals surface area contributed by atoms with Crippen LogP contribution in [0.5, 0.6) is 0 Å². The number of nitrogens with one attached hydrogen (secondary N) is 1. The number of para-hydroxylation sites is 1. The minimum Gasteiger partial charge on any atom is -0.355 e. The van der Waals surface area contributed by atoms with Crippen LogP contribution in [-0.4, -0.2) is 33.4 Å². The highest BCUT2D eigenvalue weighted by atomic mass is 32.2. The second-order valence-corrected chi connectivity index (χ2v) is 8.14. The monoisotopic (exact) mass is 405 g/mol. The van der Waals surface area contributed by atoms with Crippen LogP contribution in [0.2, 0.25) is 0 Å². The normalized spacial score (nSPS) is 15.3. The number of carbonyl (C=O) groups is 2. The minimum absolute atomic E-state index is 0.114. The van der Waals surface area contributed by atoms with Crippen LogP contribution in [0.15, 0.2) is 47.4 Å². The largest absolute Gasteiger partial charge is 0.355 e. The van der Waals surface area contributed by atoms with Crippen molar-refractivity contribution in [2.24, 2.45) is 0 Å². The molecule has 1 aliphatic rings. The lowest BCUT2D eigenvalue weighted by Gasteiger charge is -2.35. The molecule has 3 rings (SSSR count). The molecule has 1 aliphatic heterocycles. The van der Waals surface area contributed by atoms with E-state index in [0.717, 1.165) is 17.4 Å². The summed E-state index contributed by atoms with van der Waals surface area (Å²) in [5, 5.41) is 2.66. The van der Waals surface area contributed by atoms with Gasteiger partial charge in [-0.25, -0.2) is 17.6 Å². The first-order valence-electron chi connectivity index (χ1n) is 8.76. The van der Waals surface area contributed by atoms with Crippen molar-refractivity contribution in [2.45, 2.75) is 25.2 Å². The van der Waals surface area contributed by atoms with Gasteiger partial charge in [0.05, 0.1) is 11.4 Å². The van der Waals surface area contributed by atoms with E-state index in [1.807, 2.05) is 6.92 Å². The summed E-state index contributed by atoms with van der Waals surface area (Å²) in [5.74, 6) is -1.05. The molecule has 28 heavy (non-hydrogen) atoms. The summed E-state index contributed by atoms with van der Waals surface area (Å²) in [7, 11) is -4.26. The number of rotatable bonds is 5. The van der Waals surface area contributed by atoms with Gasteiger partial charge in [0.1, 0.15) is 17.3 Å². The number of nitrogens with zero attached hydrogens (tertiary/aromatic N) is 2. The predicted molar refractivity (Wildman–Crippen MR) is 103 cm³/mol. The Hall–Kier alpha value is -2.94. The topological polar surface area (TPSA) is 86.8 Å². The first-order valence-corrected chi connectivity index (χ1v) is 10.2. The average molecular weight is 405 g/mol. The zero-order valence-electron chi connectivity index (χ0n) is 15.5. The van der Waals surface area contributed by atoms with Crippen LogP contribution >= 0.6 is 0 Å². The summed E-state index contributed by atoms with van der Waals surface area (Å²) in [6.07, 6.45) is 0.722. The Bertz CT molecular complexity index is 1040. The van der Waals surface area contributed by atoms with E-state index in [2.05, 4.69) is 5.32 Å². The van der Waals surface area contributed by atoms with Gasteiger partial charge < -0.3 is 5.32 Å². The quantitative estimate of drug-likeness (QED) is 0.829. The molecule has 0 aromatic heterocycles. The molecule has 2 aromatic rings. The van der Waals surface area contributed by atoms with E-state index in [-0.39, 0.29) is 22.8 Å². The van der Waals surface area contributed by atoms with Gasteiger partial charge >= 0.3 is 6.03 Å². The number of benzene rings is 2. The molecule has 0 fully saturated rings. The van der Waals surface area contributed by atoms with Gasteiger partial charge in [0, 0.05) is 6.54 Å². The van der Waals surface area contributed by atoms with Gasteiger partial charge in [0.15, 0.2) is 0 Å². The molecule has 9 heteroatoms. The van der Waals surface area contributed by atoms with E-state index in [0.29, 0.717) is 16.4 Å². The van der Waals surface area contributed by atoms with Crippen LogP contribution in [-0.2, 0) is 14.8 Å². The van der Waals surface area contributed by atoms with Crippen molar-refractivity contribution < 1.29 is 22.4 Å². The Kier molecular flexibility index (Phi) is 5.37. The molecule has 0 saturated carbocycles. The SMILES string of the molecule is CCCNC(=O)CN1C(=O)N(c2ccc(C)c(F)c2)S(=O)(=O)c2ccccc21. The third-order valence-electron chi connectivity index (χ3n) is 4.34. The molecule has 3 amide bonds. The van der Waals surface area contributed by atoms with Crippen molar-refractivity contribution in [2.75, 3.05) is 22.3 Å². The van der Waals surface area contributed by atoms with Crippen molar-refractivity contribution in [1.29, 1.82) is 0 Å². The summed E-state index contributed by atoms with van der Waals surface area (Å²) >= 11 is 0. The zero-order chi connectivity index (χ0) is 20.5. The van der Waals surface area contributed by atoms with E-state index in [1.54, 1.807) is 6.07 Å². The van der Waals surface area contributed by atoms with Crippen molar-refractivity contribution in [3.63, 3.8) is 0 Å². The smallest absolute Gasteiger partial charge is 0.343 e. The number of urea groups is 1. The number of halogens is 1. The van der Waals surface area contributed by atoms with Crippen molar-refractivity contribution >= 4 is 33.3 Å². The summed E-state index contributed by atoms with van der Waals surface area (Å²) in [5.41, 5.74) is 0.311. The maximum atomic E-state index is 14.0. The summed E-state index contributed by atoms with van der Waals surface area (Å²) in [4.78, 5) is 26.2. The molecular formula is C19H20FN3O4S. The molecular weight excluding hydrogens is 385 g/mol. The number of anilines is 2. The van der Waals surface area contributed by atoms with Crippen LogP contribution in [0.1, 0.15) is 18.9 Å². The summed E-state index contributed by atoms with van der Waals surface area (Å²) < 4.78 is 40.7. The maximum absolute atomic E-state index is 14.0. The van der Waals surface area contributed by atoms with E-state index in [9.17, 15) is 22.4 Å². The van der Waals surface area contributed by atoms with E-state index in [1.165, 1.54) is 37.3 Å². The lowest BCUT2D eigenvalue weighted by molar-refractivity contribution is -0.119. The number of hydrogen-bond acceptors (Lipinski definition) is 4. The Labute approximate surface area is 162 Å². The minimum atomic E-state index is -4.26. The third-order valence-corrected chi connectivity index (χ3v) is 6.09. The first-order chi connectivity index (χ1) is 13.3. The summed E-state index contributed by atoms with van der Waals surface area (Å²) in [6.45, 7) is 3.51. The molecule has 0 aliphatic carbocycles. The van der Waals surface area contributed by atoms with Crippen LogP contribution in [0.4, 0.5) is 20.6 Å². The molecule has 0 spiro atoms. The second kappa shape index (κ2) is 7.59. The maximum Gasteiger partial charge on any atom is 0.343 e. The molecule has 2 aromatic carbocycles. The summed E-state index contributed by atoms with van der Waals surface area (Å²) in [6, 6.07) is 8.73. The van der Waals surface area contributed by atoms with Crippen molar-refractivity contribution in [3.8, 4) is 0 Å². The molecule has 7 nitrogen and oxygen atoms in total. The fourth-order valence-electron chi connectivity index (χ4n) is 2.89. The van der Waals surface area contributed by atoms with Crippen molar-refractivity contribution in [1.82, 2.24) is 5.32 Å². The fourth-order valence-corrected chi connectivity index (χ4v) is 4.47. The number of carbonyl (C=O) groups excluding carboxylic acids is 2. The van der Waals surface area contributed by atoms with Crippen LogP contribution in [0, 0.1) is 12.7 Å². The van der Waals surface area contributed by atoms with Gasteiger partial charge in [-0.3, -0.25) is 9.69 Å². The van der Waals surface area contributed by atoms with E-state index < -0.39 is 27.8 Å². The van der Waals surface area contributed by atoms with Crippen LogP contribution < -0.4 is 14.5 Å². The third kappa shape index (κ3) is 3.45. The number of sulfonamides is 1. The van der Waals surface area contributed by atoms with Crippen LogP contribution in [0.3, 0.4) is 0 Å². The standard InChI is InChI=1S/C19H20FN3O4S/c1-3-10-21-18(24)12-22-16-6-4-5-7-17(16)28(26,27)23(19(22)25)14-9-8-13(2)15(20)11-14/h4-9,11H,3,10,12H2,1-2H3,(H,21,24). The van der Waals surface area contributed by atoms with E-state index >= 15 is 0 Å². The highest BCUT2D eigenvalue weighted by Crippen LogP contribution is 2.37. The highest BCUT2D eigenvalue weighted by molar-refractivity contribution is 7.94. The molecule has 0 saturated heterocycles. The second-order valence-electron chi connectivity index (χ2n) is 6.39. The molecule has 1 heterocycles. The average Bonchev–Trinajstić information content (AvgIpc) is 2.66. The molecule has 1 N–H and O–H groups in total. The van der Waals surface area contributed by atoms with E-state index in [4.69, 9.17) is 0 Å². The number of hydrogen-bond donors (Lipinski definition) is 1. The molecule has 0 atom stereocenters. The zero-order valence-corrected chi connectivity index (χ0v) is 16.3. The van der Waals surface area contributed by atoms with Crippen LogP contribution in [0.25, 0.3) is 0 Å². The van der Waals surface area contributed by atoms with Gasteiger partial charge in [-0.2, -0.15) is 4.31 Å². The highest BCUT2D eigenvalue weighted by Gasteiger charge is 2.43. The lowest BCUT2D eigenvalue weighted by atomic mass is 10.2. The predicted octanol–water partition coefficient (Wildman–Crippen LogP) is 2.80. The van der Waals surface area contributed by atoms with Gasteiger partial charge in [-0.1, -0.05) is 25.1 Å². The molecule has 0 bridgehead atoms. The number of aryl methyl sites for hydroxylation is 1. The Morgan fingerprint density at radius 2 is 1.89 bits per heavy atom. The molecule has 0 radical (unpaired) electrons. The van der Waals surface area contributed by atoms with Gasteiger partial charge in [-0.15, -0.1) is 0 Å². The van der Waals surface area contributed by atoms with Crippen molar-refractivity contribution in [3.05, 3.63) is 53.8 Å². The number of fused-ring (bicyclic) bond motifs is 1. The Balaban J connectivity index is 2.10. The molecule has 148 valence electrons. The first kappa shape index (κ1) is 19.8. The fraction of sp³-hybridized carbons (Fsp3) is 0.263. The van der Waals surface area contributed by atoms with Gasteiger partial charge in [0.2, 0.25) is 5.91 Å². The van der Waals surface area contributed by atoms with Gasteiger partial charge in [-0.05, 0) is 43.2 Å². The number of amides is 3. The Morgan fingerprint density at radius 1 is 1.18 bits per heavy atom. The van der Waals surface area contributed by atoms with Gasteiger partial charge in [0.25, 0.3) is 10.0 Å².